The van der Waals surface area contributed by atoms with Gasteiger partial charge in [0.05, 0.1) is 16.2 Å². The number of nitrogens with zero attached hydrogens (tertiary/aromatic N) is 3. The normalized spacial score (nSPS) is 10.7. The van der Waals surface area contributed by atoms with Gasteiger partial charge in [0.25, 0.3) is 5.69 Å². The number of nitrogens with two attached hydrogens (primary N) is 1. The molecule has 0 aromatic heterocycles. The Hall–Kier alpha value is -3.82. The second-order valence-electron chi connectivity index (χ2n) is 4.55. The number of azo groups is 1. The van der Waals surface area contributed by atoms with E-state index in [1.807, 2.05) is 0 Å². The van der Waals surface area contributed by atoms with Crippen LogP contribution in [0.1, 0.15) is 20.7 Å². The lowest BCUT2D eigenvalue weighted by Crippen LogP contribution is -2.06. The molecular weight excluding hydrogens is 320 g/mol. The van der Waals surface area contributed by atoms with Crippen molar-refractivity contribution in [1.29, 1.82) is 0 Å². The summed E-state index contributed by atoms with van der Waals surface area (Å²) in [5, 5.41) is 36.6. The van der Waals surface area contributed by atoms with Crippen molar-refractivity contribution in [2.45, 2.75) is 0 Å². The van der Waals surface area contributed by atoms with E-state index in [0.717, 1.165) is 6.07 Å². The predicted octanol–water partition coefficient (Wildman–Crippen LogP) is 2.99. The number of carbonyl (C=O) groups is 2. The molecule has 0 bridgehead atoms. The van der Waals surface area contributed by atoms with Crippen LogP contribution in [-0.2, 0) is 0 Å². The summed E-state index contributed by atoms with van der Waals surface area (Å²) in [5.41, 5.74) is 3.97. The topological polar surface area (TPSA) is 168 Å². The number of aromatic carboxylic acids is 2. The number of benzene rings is 2. The number of carboxylic acids is 2. The molecule has 0 heterocycles. The molecule has 0 saturated heterocycles. The maximum Gasteiger partial charge on any atom is 0.342 e. The van der Waals surface area contributed by atoms with E-state index in [4.69, 9.17) is 15.9 Å². The zero-order chi connectivity index (χ0) is 17.9. The molecule has 0 unspecified atom stereocenters. The van der Waals surface area contributed by atoms with Crippen molar-refractivity contribution in [3.63, 3.8) is 0 Å². The average Bonchev–Trinajstić information content (AvgIpc) is 2.53. The van der Waals surface area contributed by atoms with E-state index >= 15 is 0 Å². The first-order chi connectivity index (χ1) is 11.3. The fourth-order valence-corrected chi connectivity index (χ4v) is 1.81. The molecule has 10 heteroatoms. The first-order valence-electron chi connectivity index (χ1n) is 6.36. The highest BCUT2D eigenvalue weighted by atomic mass is 16.6. The van der Waals surface area contributed by atoms with Gasteiger partial charge in [-0.1, -0.05) is 0 Å². The monoisotopic (exact) mass is 330 g/mol. The van der Waals surface area contributed by atoms with Crippen LogP contribution in [0.2, 0.25) is 0 Å². The molecule has 2 aromatic rings. The molecule has 0 aliphatic rings. The van der Waals surface area contributed by atoms with Crippen LogP contribution in [0.4, 0.5) is 22.7 Å². The van der Waals surface area contributed by atoms with E-state index in [0.29, 0.717) is 17.4 Å². The van der Waals surface area contributed by atoms with Gasteiger partial charge in [-0.2, -0.15) is 5.11 Å². The van der Waals surface area contributed by atoms with Gasteiger partial charge in [-0.05, 0) is 30.3 Å². The molecule has 0 radical (unpaired) electrons. The van der Waals surface area contributed by atoms with E-state index < -0.39 is 33.7 Å². The Bertz CT molecular complexity index is 860. The summed E-state index contributed by atoms with van der Waals surface area (Å²) in [6.45, 7) is 0. The van der Waals surface area contributed by atoms with Gasteiger partial charge in [-0.25, -0.2) is 9.59 Å². The van der Waals surface area contributed by atoms with Gasteiger partial charge in [-0.3, -0.25) is 10.1 Å². The molecular formula is C14H10N4O6. The molecule has 2 aromatic carbocycles. The number of nitro groups is 1. The molecule has 0 aliphatic carbocycles. The van der Waals surface area contributed by atoms with Gasteiger partial charge in [-0.15, -0.1) is 5.11 Å². The smallest absolute Gasteiger partial charge is 0.342 e. The molecule has 0 fully saturated rings. The predicted molar refractivity (Wildman–Crippen MR) is 82.0 cm³/mol. The minimum absolute atomic E-state index is 0.317. The van der Waals surface area contributed by atoms with E-state index in [2.05, 4.69) is 10.2 Å². The molecule has 0 aliphatic heterocycles. The zero-order valence-corrected chi connectivity index (χ0v) is 11.9. The van der Waals surface area contributed by atoms with Crippen LogP contribution in [0.3, 0.4) is 0 Å². The van der Waals surface area contributed by atoms with Crippen LogP contribution in [0.15, 0.2) is 46.6 Å². The summed E-state index contributed by atoms with van der Waals surface area (Å²) < 4.78 is 0. The van der Waals surface area contributed by atoms with Gasteiger partial charge in [0.15, 0.2) is 0 Å². The summed E-state index contributed by atoms with van der Waals surface area (Å²) in [6.07, 6.45) is 0. The van der Waals surface area contributed by atoms with Gasteiger partial charge in [0, 0.05) is 11.8 Å². The average molecular weight is 330 g/mol. The lowest BCUT2D eigenvalue weighted by atomic mass is 10.1. The van der Waals surface area contributed by atoms with Crippen LogP contribution < -0.4 is 5.73 Å². The molecule has 2 rings (SSSR count). The highest BCUT2D eigenvalue weighted by Crippen LogP contribution is 2.30. The van der Waals surface area contributed by atoms with Crippen LogP contribution in [-0.4, -0.2) is 27.1 Å². The molecule has 0 spiro atoms. The third kappa shape index (κ3) is 3.50. The number of rotatable bonds is 5. The summed E-state index contributed by atoms with van der Waals surface area (Å²) in [4.78, 5) is 32.3. The lowest BCUT2D eigenvalue weighted by molar-refractivity contribution is -0.385. The van der Waals surface area contributed by atoms with Crippen molar-refractivity contribution < 1.29 is 24.7 Å². The summed E-state index contributed by atoms with van der Waals surface area (Å²) >= 11 is 0. The van der Waals surface area contributed by atoms with Gasteiger partial charge >= 0.3 is 11.9 Å². The van der Waals surface area contributed by atoms with E-state index in [9.17, 15) is 19.7 Å². The fourth-order valence-electron chi connectivity index (χ4n) is 1.81. The molecule has 0 atom stereocenters. The Morgan fingerprint density at radius 3 is 2.08 bits per heavy atom. The van der Waals surface area contributed by atoms with Gasteiger partial charge < -0.3 is 15.9 Å². The van der Waals surface area contributed by atoms with Gasteiger partial charge in [0.2, 0.25) is 0 Å². The van der Waals surface area contributed by atoms with Crippen LogP contribution in [0.25, 0.3) is 0 Å². The zero-order valence-electron chi connectivity index (χ0n) is 11.9. The molecule has 122 valence electrons. The van der Waals surface area contributed by atoms with E-state index in [-0.39, 0.29) is 5.69 Å². The Kier molecular flexibility index (Phi) is 4.50. The molecule has 0 amide bonds. The van der Waals surface area contributed by atoms with Gasteiger partial charge in [0.1, 0.15) is 11.3 Å². The number of anilines is 1. The molecule has 4 N–H and O–H groups in total. The maximum absolute atomic E-state index is 11.2. The second kappa shape index (κ2) is 6.52. The van der Waals surface area contributed by atoms with E-state index in [1.54, 1.807) is 12.1 Å². The fraction of sp³-hybridized carbons (Fsp3) is 0. The minimum atomic E-state index is -1.58. The molecule has 24 heavy (non-hydrogen) atoms. The molecule has 10 nitrogen and oxygen atoms in total. The Morgan fingerprint density at radius 2 is 1.58 bits per heavy atom. The Balaban J connectivity index is 2.57. The van der Waals surface area contributed by atoms with Crippen LogP contribution >= 0.6 is 0 Å². The number of hydrogen-bond donors (Lipinski definition) is 3. The Morgan fingerprint density at radius 1 is 1.00 bits per heavy atom. The van der Waals surface area contributed by atoms with Crippen molar-refractivity contribution >= 4 is 34.7 Å². The van der Waals surface area contributed by atoms with Crippen LogP contribution in [0.5, 0.6) is 0 Å². The number of hydrogen-bond acceptors (Lipinski definition) is 7. The summed E-state index contributed by atoms with van der Waals surface area (Å²) in [7, 11) is 0. The van der Waals surface area contributed by atoms with Crippen molar-refractivity contribution in [1.82, 2.24) is 0 Å². The lowest BCUT2D eigenvalue weighted by Gasteiger charge is -2.04. The summed E-state index contributed by atoms with van der Waals surface area (Å²) in [6, 6.07) is 7.56. The van der Waals surface area contributed by atoms with Crippen molar-refractivity contribution in [3.05, 3.63) is 57.6 Å². The minimum Gasteiger partial charge on any atom is -0.478 e. The van der Waals surface area contributed by atoms with Crippen molar-refractivity contribution in [3.8, 4) is 0 Å². The Labute approximate surface area is 134 Å². The van der Waals surface area contributed by atoms with Crippen LogP contribution in [0, 0.1) is 10.1 Å². The summed E-state index contributed by atoms with van der Waals surface area (Å²) in [5.74, 6) is -3.08. The standard InChI is InChI=1S/C14H10N4O6/c15-7-1-3-8(4-2-7)16-17-11-5-10(14(21)22)12(18(23)24)6-9(11)13(19)20/h1-6H,15H2,(H,19,20)(H,21,22). The third-order valence-corrected chi connectivity index (χ3v) is 2.94. The van der Waals surface area contributed by atoms with Crippen molar-refractivity contribution in [2.24, 2.45) is 10.2 Å². The quantitative estimate of drug-likeness (QED) is 0.327. The van der Waals surface area contributed by atoms with E-state index in [1.165, 1.54) is 12.1 Å². The number of nitrogen functional groups attached to an aromatic ring is 1. The highest BCUT2D eigenvalue weighted by Gasteiger charge is 2.25. The highest BCUT2D eigenvalue weighted by molar-refractivity contribution is 6.00. The SMILES string of the molecule is Nc1ccc(N=Nc2cc(C(=O)O)c([N+](=O)[O-])cc2C(=O)O)cc1. The third-order valence-electron chi connectivity index (χ3n) is 2.94. The maximum atomic E-state index is 11.2. The largest absolute Gasteiger partial charge is 0.478 e. The number of carboxylic acid groups (broad SMARTS) is 2. The first-order valence-corrected chi connectivity index (χ1v) is 6.36. The number of nitro benzene ring substituents is 1. The second-order valence-corrected chi connectivity index (χ2v) is 4.55. The van der Waals surface area contributed by atoms with Crippen molar-refractivity contribution in [2.75, 3.05) is 5.73 Å². The molecule has 0 saturated carbocycles. The first kappa shape index (κ1) is 16.5.